The number of thiophene rings is 1. The number of benzene rings is 3. The highest BCUT2D eigenvalue weighted by molar-refractivity contribution is 7.16. The lowest BCUT2D eigenvalue weighted by Gasteiger charge is -2.34. The van der Waals surface area contributed by atoms with Crippen LogP contribution in [0.5, 0.6) is 0 Å². The van der Waals surface area contributed by atoms with Gasteiger partial charge in [0.25, 0.3) is 11.8 Å². The molecule has 0 saturated carbocycles. The number of hydrogen-bond donors (Lipinski definition) is 3. The molecule has 10 heteroatoms. The molecule has 44 heavy (non-hydrogen) atoms. The van der Waals surface area contributed by atoms with Crippen LogP contribution in [0.15, 0.2) is 85.1 Å². The van der Waals surface area contributed by atoms with Gasteiger partial charge in [-0.05, 0) is 92.8 Å². The Kier molecular flexibility index (Phi) is 8.10. The normalized spacial score (nSPS) is 15.5. The zero-order valence-corrected chi connectivity index (χ0v) is 25.2. The number of piperazine rings is 1. The lowest BCUT2D eigenvalue weighted by Crippen LogP contribution is -2.44. The Labute approximate surface area is 259 Å². The van der Waals surface area contributed by atoms with Crippen molar-refractivity contribution in [3.8, 4) is 0 Å². The fourth-order valence-corrected chi connectivity index (χ4v) is 5.97. The van der Waals surface area contributed by atoms with E-state index in [9.17, 15) is 19.2 Å². The smallest absolute Gasteiger partial charge is 0.265 e. The number of fused-ring (bicyclic) bond motifs is 1. The second-order valence-electron chi connectivity index (χ2n) is 10.8. The molecule has 0 atom stereocenters. The molecule has 0 unspecified atom stereocenters. The molecule has 2 amide bonds. The van der Waals surface area contributed by atoms with Crippen molar-refractivity contribution in [2.24, 2.45) is 0 Å². The highest BCUT2D eigenvalue weighted by atomic mass is 32.1. The summed E-state index contributed by atoms with van der Waals surface area (Å²) in [6.07, 6.45) is 1.67. The van der Waals surface area contributed by atoms with Gasteiger partial charge in [0.1, 0.15) is 0 Å². The Hall–Kier alpha value is -5.06. The Morgan fingerprint density at radius 3 is 2.16 bits per heavy atom. The minimum atomic E-state index is -0.323. The second-order valence-corrected chi connectivity index (χ2v) is 11.9. The summed E-state index contributed by atoms with van der Waals surface area (Å²) in [5.74, 6) is -0.862. The van der Waals surface area contributed by atoms with Crippen molar-refractivity contribution in [2.45, 2.75) is 6.92 Å². The highest BCUT2D eigenvalue weighted by Crippen LogP contribution is 2.33. The third-order valence-corrected chi connectivity index (χ3v) is 8.95. The first-order chi connectivity index (χ1) is 21.2. The van der Waals surface area contributed by atoms with Crippen LogP contribution in [-0.4, -0.2) is 61.5 Å². The second kappa shape index (κ2) is 12.3. The van der Waals surface area contributed by atoms with E-state index in [1.807, 2.05) is 12.1 Å². The number of likely N-dealkylation sites (N-methyl/N-ethyl adjacent to an activating group) is 1. The van der Waals surface area contributed by atoms with Crippen LogP contribution in [0.3, 0.4) is 0 Å². The molecule has 0 spiro atoms. The summed E-state index contributed by atoms with van der Waals surface area (Å²) in [5, 5.41) is 8.89. The molecular formula is C34H31N5O4S. The molecule has 0 aliphatic carbocycles. The Bertz CT molecular complexity index is 1790. The topological polar surface area (TPSA) is 111 Å². The maximum atomic E-state index is 13.4. The molecule has 3 aromatic carbocycles. The van der Waals surface area contributed by atoms with Gasteiger partial charge in [-0.1, -0.05) is 0 Å². The van der Waals surface area contributed by atoms with Crippen molar-refractivity contribution < 1.29 is 19.2 Å². The van der Waals surface area contributed by atoms with E-state index in [0.717, 1.165) is 43.2 Å². The van der Waals surface area contributed by atoms with Crippen molar-refractivity contribution >= 4 is 63.0 Å². The number of carbonyl (C=O) groups excluding carboxylic acids is 4. The number of amides is 2. The standard InChI is InChI=1S/C34H31N5O4S/c1-21(40)30-13-14-31(44-30)34(43)36-25-6-3-22(4-7-25)32(41)23-5-12-29-27(19-23)28(33(42)37-29)20-35-24-8-10-26(11-9-24)39-17-15-38(2)16-18-39/h3-14,19-20,35H,15-18H2,1-2H3,(H,36,43)(H,37,42). The Morgan fingerprint density at radius 1 is 0.818 bits per heavy atom. The van der Waals surface area contributed by atoms with E-state index in [0.29, 0.717) is 43.4 Å². The van der Waals surface area contributed by atoms with Crippen LogP contribution in [0.4, 0.5) is 22.7 Å². The van der Waals surface area contributed by atoms with Gasteiger partial charge in [-0.25, -0.2) is 0 Å². The molecule has 1 aromatic heterocycles. The molecule has 3 N–H and O–H groups in total. The van der Waals surface area contributed by atoms with E-state index in [2.05, 4.69) is 44.9 Å². The third kappa shape index (κ3) is 6.17. The number of nitrogens with one attached hydrogen (secondary N) is 3. The van der Waals surface area contributed by atoms with Gasteiger partial charge < -0.3 is 25.8 Å². The SMILES string of the molecule is CC(=O)c1ccc(C(=O)Nc2ccc(C(=O)c3ccc4c(c3)C(=CNc3ccc(N5CCN(C)CC5)cc3)C(=O)N4)cc2)s1. The molecule has 0 bridgehead atoms. The summed E-state index contributed by atoms with van der Waals surface area (Å²) >= 11 is 1.13. The predicted molar refractivity (Wildman–Crippen MR) is 175 cm³/mol. The summed E-state index contributed by atoms with van der Waals surface area (Å²) in [7, 11) is 2.13. The summed E-state index contributed by atoms with van der Waals surface area (Å²) in [4.78, 5) is 55.9. The molecule has 4 aromatic rings. The quantitative estimate of drug-likeness (QED) is 0.177. The molecule has 222 valence electrons. The lowest BCUT2D eigenvalue weighted by molar-refractivity contribution is -0.110. The largest absolute Gasteiger partial charge is 0.369 e. The highest BCUT2D eigenvalue weighted by Gasteiger charge is 2.26. The maximum Gasteiger partial charge on any atom is 0.265 e. The molecule has 1 fully saturated rings. The van der Waals surface area contributed by atoms with Crippen molar-refractivity contribution in [2.75, 3.05) is 54.1 Å². The van der Waals surface area contributed by atoms with Gasteiger partial charge >= 0.3 is 0 Å². The first-order valence-corrected chi connectivity index (χ1v) is 15.1. The fraction of sp³-hybridized carbons (Fsp3) is 0.176. The Balaban J connectivity index is 1.13. The average Bonchev–Trinajstić information content (AvgIpc) is 3.65. The number of hydrogen-bond acceptors (Lipinski definition) is 8. The summed E-state index contributed by atoms with van der Waals surface area (Å²) in [6.45, 7) is 5.52. The van der Waals surface area contributed by atoms with Crippen molar-refractivity contribution in [1.82, 2.24) is 4.90 Å². The van der Waals surface area contributed by atoms with Crippen LogP contribution in [0, 0.1) is 0 Å². The van der Waals surface area contributed by atoms with E-state index in [1.165, 1.54) is 12.6 Å². The van der Waals surface area contributed by atoms with Crippen molar-refractivity contribution in [3.05, 3.63) is 112 Å². The minimum Gasteiger partial charge on any atom is -0.369 e. The zero-order valence-electron chi connectivity index (χ0n) is 24.3. The van der Waals surface area contributed by atoms with E-state index < -0.39 is 0 Å². The summed E-state index contributed by atoms with van der Waals surface area (Å²) < 4.78 is 0. The monoisotopic (exact) mass is 605 g/mol. The third-order valence-electron chi connectivity index (χ3n) is 7.77. The maximum absolute atomic E-state index is 13.4. The van der Waals surface area contributed by atoms with Gasteiger partial charge in [0, 0.05) is 71.8 Å². The van der Waals surface area contributed by atoms with Gasteiger partial charge in [-0.2, -0.15) is 0 Å². The van der Waals surface area contributed by atoms with Gasteiger partial charge in [-0.15, -0.1) is 11.3 Å². The predicted octanol–water partition coefficient (Wildman–Crippen LogP) is 5.59. The van der Waals surface area contributed by atoms with Crippen LogP contribution < -0.4 is 20.9 Å². The minimum absolute atomic E-state index is 0.0889. The van der Waals surface area contributed by atoms with Gasteiger partial charge in [0.05, 0.1) is 15.3 Å². The number of Topliss-reactive ketones (excluding diaryl/α,β-unsaturated/α-hetero) is 1. The van der Waals surface area contributed by atoms with E-state index >= 15 is 0 Å². The van der Waals surface area contributed by atoms with E-state index in [-0.39, 0.29) is 23.4 Å². The van der Waals surface area contributed by atoms with Gasteiger partial charge in [-0.3, -0.25) is 19.2 Å². The van der Waals surface area contributed by atoms with Crippen LogP contribution in [0.1, 0.15) is 47.8 Å². The van der Waals surface area contributed by atoms with Crippen molar-refractivity contribution in [1.29, 1.82) is 0 Å². The van der Waals surface area contributed by atoms with Crippen LogP contribution in [0.25, 0.3) is 5.57 Å². The number of carbonyl (C=O) groups is 4. The van der Waals surface area contributed by atoms with E-state index in [1.54, 1.807) is 60.8 Å². The number of anilines is 4. The Morgan fingerprint density at radius 2 is 1.48 bits per heavy atom. The molecule has 2 aliphatic rings. The number of ketones is 2. The molecule has 6 rings (SSSR count). The number of nitrogens with zero attached hydrogens (tertiary/aromatic N) is 2. The molecular weight excluding hydrogens is 574 g/mol. The molecule has 0 radical (unpaired) electrons. The van der Waals surface area contributed by atoms with Crippen LogP contribution in [-0.2, 0) is 4.79 Å². The van der Waals surface area contributed by atoms with Gasteiger partial charge in [0.15, 0.2) is 11.6 Å². The lowest BCUT2D eigenvalue weighted by atomic mass is 9.98. The molecule has 9 nitrogen and oxygen atoms in total. The first kappa shape index (κ1) is 29.0. The summed E-state index contributed by atoms with van der Waals surface area (Å²) in [5.41, 5.74) is 5.17. The molecule has 2 aliphatic heterocycles. The first-order valence-electron chi connectivity index (χ1n) is 14.3. The van der Waals surface area contributed by atoms with Crippen LogP contribution >= 0.6 is 11.3 Å². The average molecular weight is 606 g/mol. The van der Waals surface area contributed by atoms with Gasteiger partial charge in [0.2, 0.25) is 0 Å². The fourth-order valence-electron chi connectivity index (χ4n) is 5.17. The molecule has 3 heterocycles. The number of rotatable bonds is 8. The van der Waals surface area contributed by atoms with E-state index in [4.69, 9.17) is 0 Å². The summed E-state index contributed by atoms with van der Waals surface area (Å²) in [6, 6.07) is 23.1. The zero-order chi connectivity index (χ0) is 30.8. The molecule has 1 saturated heterocycles. The van der Waals surface area contributed by atoms with Crippen LogP contribution in [0.2, 0.25) is 0 Å². The van der Waals surface area contributed by atoms with Crippen molar-refractivity contribution in [3.63, 3.8) is 0 Å².